The summed E-state index contributed by atoms with van der Waals surface area (Å²) in [7, 11) is 0. The van der Waals surface area contributed by atoms with Crippen LogP contribution in [0, 0.1) is 10.1 Å². The number of allylic oxidation sites excluding steroid dienone is 1. The lowest BCUT2D eigenvalue weighted by Crippen LogP contribution is -2.06. The number of carbonyl (C=O) groups excluding carboxylic acids is 2. The summed E-state index contributed by atoms with van der Waals surface area (Å²) in [6, 6.07) is 10.6. The Labute approximate surface area is 142 Å². The van der Waals surface area contributed by atoms with E-state index in [2.05, 4.69) is 0 Å². The van der Waals surface area contributed by atoms with Gasteiger partial charge < -0.3 is 9.47 Å². The summed E-state index contributed by atoms with van der Waals surface area (Å²) in [5.74, 6) is 0.365. The molecule has 0 aliphatic carbocycles. The van der Waals surface area contributed by atoms with Crippen LogP contribution in [-0.4, -0.2) is 23.1 Å². The maximum Gasteiger partial charge on any atom is 0.270 e. The molecule has 1 heterocycles. The second-order valence-corrected chi connectivity index (χ2v) is 5.44. The van der Waals surface area contributed by atoms with Gasteiger partial charge in [-0.15, -0.1) is 0 Å². The highest BCUT2D eigenvalue weighted by molar-refractivity contribution is 6.14. The smallest absolute Gasteiger partial charge is 0.270 e. The van der Waals surface area contributed by atoms with E-state index in [1.54, 1.807) is 18.2 Å². The van der Waals surface area contributed by atoms with Crippen molar-refractivity contribution in [2.75, 3.05) is 6.61 Å². The van der Waals surface area contributed by atoms with Crippen LogP contribution in [0.2, 0.25) is 0 Å². The number of hydrogen-bond acceptors (Lipinski definition) is 6. The topological polar surface area (TPSA) is 95.7 Å². The quantitative estimate of drug-likeness (QED) is 0.471. The molecule has 0 bridgehead atoms. The third-order valence-corrected chi connectivity index (χ3v) is 3.46. The number of nitro groups is 1. The van der Waals surface area contributed by atoms with E-state index in [0.29, 0.717) is 22.6 Å². The predicted octanol–water partition coefficient (Wildman–Crippen LogP) is 3.18. The Morgan fingerprint density at radius 2 is 2.08 bits per heavy atom. The van der Waals surface area contributed by atoms with Gasteiger partial charge in [0.1, 0.15) is 18.1 Å². The summed E-state index contributed by atoms with van der Waals surface area (Å²) in [5.41, 5.74) is 0.780. The largest absolute Gasteiger partial charge is 0.486 e. The number of hydrogen-bond donors (Lipinski definition) is 0. The molecule has 0 amide bonds. The number of ether oxygens (including phenoxy) is 2. The zero-order chi connectivity index (χ0) is 18.0. The van der Waals surface area contributed by atoms with Crippen molar-refractivity contribution < 1.29 is 24.0 Å². The summed E-state index contributed by atoms with van der Waals surface area (Å²) in [6.45, 7) is 1.34. The Hall–Kier alpha value is -3.48. The van der Waals surface area contributed by atoms with Gasteiger partial charge in [0.2, 0.25) is 5.78 Å². The average Bonchev–Trinajstić information content (AvgIpc) is 2.88. The van der Waals surface area contributed by atoms with Crippen molar-refractivity contribution >= 4 is 23.3 Å². The summed E-state index contributed by atoms with van der Waals surface area (Å²) < 4.78 is 10.8. The molecule has 0 unspecified atom stereocenters. The molecular formula is C18H13NO6. The van der Waals surface area contributed by atoms with Gasteiger partial charge in [-0.3, -0.25) is 19.7 Å². The number of nitrogens with zero attached hydrogens (tertiary/aromatic N) is 1. The number of fused-ring (bicyclic) bond motifs is 1. The average molecular weight is 339 g/mol. The predicted molar refractivity (Wildman–Crippen MR) is 88.6 cm³/mol. The fourth-order valence-electron chi connectivity index (χ4n) is 2.32. The number of benzene rings is 2. The lowest BCUT2D eigenvalue weighted by molar-refractivity contribution is -0.384. The van der Waals surface area contributed by atoms with E-state index in [4.69, 9.17) is 9.47 Å². The molecule has 0 N–H and O–H groups in total. The van der Waals surface area contributed by atoms with E-state index in [0.717, 1.165) is 0 Å². The van der Waals surface area contributed by atoms with E-state index in [9.17, 15) is 19.7 Å². The van der Waals surface area contributed by atoms with E-state index < -0.39 is 4.92 Å². The molecule has 126 valence electrons. The maximum atomic E-state index is 12.4. The summed E-state index contributed by atoms with van der Waals surface area (Å²) in [4.78, 5) is 33.7. The SMILES string of the molecule is CC(=O)COc1ccc2c(c1)O/C(=C\c1cccc([N+](=O)[O-])c1)C2=O. The minimum absolute atomic E-state index is 0.0664. The number of Topliss-reactive ketones (excluding diaryl/α,β-unsaturated/α-hetero) is 2. The molecular weight excluding hydrogens is 326 g/mol. The van der Waals surface area contributed by atoms with Crippen molar-refractivity contribution in [2.24, 2.45) is 0 Å². The molecule has 0 fully saturated rings. The van der Waals surface area contributed by atoms with Gasteiger partial charge in [0.05, 0.1) is 10.5 Å². The summed E-state index contributed by atoms with van der Waals surface area (Å²) in [5, 5.41) is 10.8. The Morgan fingerprint density at radius 1 is 1.28 bits per heavy atom. The van der Waals surface area contributed by atoms with Gasteiger partial charge in [0, 0.05) is 18.2 Å². The first-order chi connectivity index (χ1) is 11.9. The second-order valence-electron chi connectivity index (χ2n) is 5.44. The van der Waals surface area contributed by atoms with Crippen LogP contribution < -0.4 is 9.47 Å². The van der Waals surface area contributed by atoms with Crippen molar-refractivity contribution in [2.45, 2.75) is 6.92 Å². The summed E-state index contributed by atoms with van der Waals surface area (Å²) >= 11 is 0. The van der Waals surface area contributed by atoms with Gasteiger partial charge in [0.25, 0.3) is 5.69 Å². The molecule has 3 rings (SSSR count). The van der Waals surface area contributed by atoms with Gasteiger partial charge in [-0.05, 0) is 30.7 Å². The zero-order valence-corrected chi connectivity index (χ0v) is 13.2. The molecule has 25 heavy (non-hydrogen) atoms. The van der Waals surface area contributed by atoms with Crippen LogP contribution in [0.1, 0.15) is 22.8 Å². The van der Waals surface area contributed by atoms with E-state index >= 15 is 0 Å². The third-order valence-electron chi connectivity index (χ3n) is 3.46. The molecule has 7 nitrogen and oxygen atoms in total. The van der Waals surface area contributed by atoms with E-state index in [1.807, 2.05) is 0 Å². The van der Waals surface area contributed by atoms with Gasteiger partial charge in [0.15, 0.2) is 11.5 Å². The molecule has 0 atom stereocenters. The molecule has 0 spiro atoms. The fourth-order valence-corrected chi connectivity index (χ4v) is 2.32. The van der Waals surface area contributed by atoms with Crippen LogP contribution >= 0.6 is 0 Å². The van der Waals surface area contributed by atoms with Crippen molar-refractivity contribution in [3.05, 3.63) is 69.5 Å². The van der Waals surface area contributed by atoms with Crippen molar-refractivity contribution in [3.63, 3.8) is 0 Å². The first-order valence-corrected chi connectivity index (χ1v) is 7.39. The number of ketones is 2. The Bertz CT molecular complexity index is 916. The van der Waals surface area contributed by atoms with Gasteiger partial charge in [-0.25, -0.2) is 0 Å². The molecule has 2 aromatic carbocycles. The molecule has 7 heteroatoms. The molecule has 0 aromatic heterocycles. The van der Waals surface area contributed by atoms with Crippen LogP contribution in [0.25, 0.3) is 6.08 Å². The molecule has 0 radical (unpaired) electrons. The summed E-state index contributed by atoms with van der Waals surface area (Å²) in [6.07, 6.45) is 1.45. The van der Waals surface area contributed by atoms with Crippen LogP contribution in [0.4, 0.5) is 5.69 Å². The highest BCUT2D eigenvalue weighted by atomic mass is 16.6. The number of nitro benzene ring substituents is 1. The highest BCUT2D eigenvalue weighted by Crippen LogP contribution is 2.35. The number of rotatable bonds is 5. The minimum Gasteiger partial charge on any atom is -0.486 e. The minimum atomic E-state index is -0.507. The Kier molecular flexibility index (Phi) is 4.30. The number of non-ortho nitro benzene ring substituents is 1. The second kappa shape index (κ2) is 6.56. The standard InChI is InChI=1S/C18H13NO6/c1-11(20)10-24-14-5-6-15-16(9-14)25-17(18(15)21)8-12-3-2-4-13(7-12)19(22)23/h2-9H,10H2,1H3/b17-8-. The van der Waals surface area contributed by atoms with Crippen LogP contribution in [-0.2, 0) is 4.79 Å². The first-order valence-electron chi connectivity index (χ1n) is 7.39. The van der Waals surface area contributed by atoms with Crippen molar-refractivity contribution in [1.29, 1.82) is 0 Å². The fraction of sp³-hybridized carbons (Fsp3) is 0.111. The number of carbonyl (C=O) groups is 2. The Morgan fingerprint density at radius 3 is 2.80 bits per heavy atom. The molecule has 0 saturated heterocycles. The van der Waals surface area contributed by atoms with Gasteiger partial charge in [-0.2, -0.15) is 0 Å². The lowest BCUT2D eigenvalue weighted by atomic mass is 10.1. The van der Waals surface area contributed by atoms with Crippen LogP contribution in [0.3, 0.4) is 0 Å². The molecule has 1 aliphatic rings. The van der Waals surface area contributed by atoms with E-state index in [-0.39, 0.29) is 29.6 Å². The lowest BCUT2D eigenvalue weighted by Gasteiger charge is -2.04. The maximum absolute atomic E-state index is 12.4. The van der Waals surface area contributed by atoms with Gasteiger partial charge in [-0.1, -0.05) is 12.1 Å². The molecule has 1 aliphatic heterocycles. The molecule has 2 aromatic rings. The van der Waals surface area contributed by atoms with Gasteiger partial charge >= 0.3 is 0 Å². The van der Waals surface area contributed by atoms with Crippen molar-refractivity contribution in [1.82, 2.24) is 0 Å². The van der Waals surface area contributed by atoms with Crippen LogP contribution in [0.5, 0.6) is 11.5 Å². The third kappa shape index (κ3) is 3.55. The van der Waals surface area contributed by atoms with Crippen molar-refractivity contribution in [3.8, 4) is 11.5 Å². The van der Waals surface area contributed by atoms with E-state index in [1.165, 1.54) is 37.3 Å². The normalized spacial score (nSPS) is 14.1. The Balaban J connectivity index is 1.85. The van der Waals surface area contributed by atoms with Crippen LogP contribution in [0.15, 0.2) is 48.2 Å². The monoisotopic (exact) mass is 339 g/mol. The first kappa shape index (κ1) is 16.4. The highest BCUT2D eigenvalue weighted by Gasteiger charge is 2.27. The zero-order valence-electron chi connectivity index (χ0n) is 13.2. The molecule has 0 saturated carbocycles.